The summed E-state index contributed by atoms with van der Waals surface area (Å²) in [5, 5.41) is 3.07. The second kappa shape index (κ2) is 6.34. The highest BCUT2D eigenvalue weighted by atomic mass is 19.4. The molecule has 1 atom stereocenters. The zero-order valence-corrected chi connectivity index (χ0v) is 13.7. The van der Waals surface area contributed by atoms with Gasteiger partial charge in [0.2, 0.25) is 0 Å². The Bertz CT molecular complexity index is 897. The van der Waals surface area contributed by atoms with E-state index < -0.39 is 35.4 Å². The maximum atomic E-state index is 13.7. The SMILES string of the molecule is COc1cccc(N2C(=O)NC(NC(=O)c3ccco3)(C(F)(F)F)C2=O)c1. The number of ether oxygens (including phenoxy) is 1. The van der Waals surface area contributed by atoms with E-state index in [0.29, 0.717) is 0 Å². The van der Waals surface area contributed by atoms with Crippen LogP contribution in [0.2, 0.25) is 0 Å². The van der Waals surface area contributed by atoms with Crippen molar-refractivity contribution in [1.82, 2.24) is 10.6 Å². The second-order valence-corrected chi connectivity index (χ2v) is 5.45. The standard InChI is InChI=1S/C16H12F3N3O5/c1-26-10-5-2-4-9(8-10)22-13(24)15(16(17,18)19,21-14(22)25)20-12(23)11-6-3-7-27-11/h2-8H,1H3,(H,20,23)(H,21,25). The molecule has 0 spiro atoms. The van der Waals surface area contributed by atoms with Crippen molar-refractivity contribution in [3.63, 3.8) is 0 Å². The van der Waals surface area contributed by atoms with E-state index in [1.807, 2.05) is 0 Å². The maximum absolute atomic E-state index is 13.7. The largest absolute Gasteiger partial charge is 0.497 e. The van der Waals surface area contributed by atoms with Crippen molar-refractivity contribution in [2.45, 2.75) is 11.8 Å². The molecular formula is C16H12F3N3O5. The van der Waals surface area contributed by atoms with Crippen molar-refractivity contribution in [3.8, 4) is 5.75 Å². The molecule has 2 N–H and O–H groups in total. The summed E-state index contributed by atoms with van der Waals surface area (Å²) in [4.78, 5) is 37.2. The molecule has 3 rings (SSSR count). The highest BCUT2D eigenvalue weighted by molar-refractivity contribution is 6.24. The van der Waals surface area contributed by atoms with Gasteiger partial charge in [0, 0.05) is 6.07 Å². The zero-order valence-electron chi connectivity index (χ0n) is 13.7. The van der Waals surface area contributed by atoms with Gasteiger partial charge in [0.15, 0.2) is 5.76 Å². The maximum Gasteiger partial charge on any atom is 0.440 e. The van der Waals surface area contributed by atoms with E-state index >= 15 is 0 Å². The van der Waals surface area contributed by atoms with Crippen LogP contribution < -0.4 is 20.3 Å². The number of nitrogens with one attached hydrogen (secondary N) is 2. The number of halogens is 3. The Hall–Kier alpha value is -3.50. The first-order chi connectivity index (χ1) is 12.7. The number of imide groups is 1. The lowest BCUT2D eigenvalue weighted by atomic mass is 10.1. The van der Waals surface area contributed by atoms with Crippen molar-refractivity contribution in [1.29, 1.82) is 0 Å². The molecule has 1 fully saturated rings. The lowest BCUT2D eigenvalue weighted by Crippen LogP contribution is -2.69. The van der Waals surface area contributed by atoms with E-state index in [-0.39, 0.29) is 16.3 Å². The normalized spacial score (nSPS) is 19.8. The quantitative estimate of drug-likeness (QED) is 0.787. The van der Waals surface area contributed by atoms with Gasteiger partial charge < -0.3 is 14.5 Å². The van der Waals surface area contributed by atoms with Crippen molar-refractivity contribution in [2.24, 2.45) is 0 Å². The average molecular weight is 383 g/mol. The van der Waals surface area contributed by atoms with E-state index in [9.17, 15) is 27.6 Å². The number of urea groups is 1. The third-order valence-corrected chi connectivity index (χ3v) is 3.80. The predicted octanol–water partition coefficient (Wildman–Crippen LogP) is 2.03. The summed E-state index contributed by atoms with van der Waals surface area (Å²) in [6.45, 7) is 0. The fraction of sp³-hybridized carbons (Fsp3) is 0.188. The second-order valence-electron chi connectivity index (χ2n) is 5.45. The van der Waals surface area contributed by atoms with Gasteiger partial charge in [0.05, 0.1) is 19.1 Å². The van der Waals surface area contributed by atoms with Crippen LogP contribution in [-0.2, 0) is 4.79 Å². The summed E-state index contributed by atoms with van der Waals surface area (Å²) >= 11 is 0. The first-order valence-corrected chi connectivity index (χ1v) is 7.43. The van der Waals surface area contributed by atoms with Crippen LogP contribution >= 0.6 is 0 Å². The summed E-state index contributed by atoms with van der Waals surface area (Å²) in [5.74, 6) is -3.27. The number of nitrogens with zero attached hydrogens (tertiary/aromatic N) is 1. The highest BCUT2D eigenvalue weighted by Gasteiger charge is 2.69. The summed E-state index contributed by atoms with van der Waals surface area (Å²) in [6, 6.07) is 6.37. The number of amides is 4. The van der Waals surface area contributed by atoms with E-state index in [4.69, 9.17) is 9.15 Å². The van der Waals surface area contributed by atoms with Gasteiger partial charge in [-0.25, -0.2) is 9.69 Å². The molecule has 0 radical (unpaired) electrons. The molecule has 27 heavy (non-hydrogen) atoms. The molecule has 8 nitrogen and oxygen atoms in total. The minimum atomic E-state index is -5.32. The number of rotatable bonds is 4. The Morgan fingerprint density at radius 1 is 1.26 bits per heavy atom. The summed E-state index contributed by atoms with van der Waals surface area (Å²) in [6.07, 6.45) is -4.25. The van der Waals surface area contributed by atoms with Gasteiger partial charge in [-0.3, -0.25) is 14.9 Å². The molecule has 0 aliphatic carbocycles. The third-order valence-electron chi connectivity index (χ3n) is 3.80. The third kappa shape index (κ3) is 2.96. The predicted molar refractivity (Wildman–Crippen MR) is 84.0 cm³/mol. The number of carbonyl (C=O) groups is 3. The fourth-order valence-electron chi connectivity index (χ4n) is 2.50. The van der Waals surface area contributed by atoms with E-state index in [0.717, 1.165) is 12.3 Å². The molecule has 1 aliphatic rings. The number of benzene rings is 1. The Morgan fingerprint density at radius 3 is 2.59 bits per heavy atom. The molecular weight excluding hydrogens is 371 g/mol. The number of furan rings is 1. The first kappa shape index (κ1) is 18.3. The summed E-state index contributed by atoms with van der Waals surface area (Å²) < 4.78 is 50.9. The molecule has 2 aromatic rings. The number of anilines is 1. The minimum Gasteiger partial charge on any atom is -0.497 e. The number of hydrogen-bond acceptors (Lipinski definition) is 5. The molecule has 1 aliphatic heterocycles. The van der Waals surface area contributed by atoms with Crippen molar-refractivity contribution in [2.75, 3.05) is 12.0 Å². The van der Waals surface area contributed by atoms with Crippen molar-refractivity contribution >= 4 is 23.5 Å². The van der Waals surface area contributed by atoms with Gasteiger partial charge in [-0.15, -0.1) is 0 Å². The molecule has 1 aromatic carbocycles. The van der Waals surface area contributed by atoms with Crippen LogP contribution in [0.1, 0.15) is 10.6 Å². The Kier molecular flexibility index (Phi) is 4.30. The smallest absolute Gasteiger partial charge is 0.440 e. The van der Waals surface area contributed by atoms with Gasteiger partial charge in [-0.05, 0) is 24.3 Å². The Morgan fingerprint density at radius 2 is 2.00 bits per heavy atom. The summed E-state index contributed by atoms with van der Waals surface area (Å²) in [7, 11) is 1.31. The van der Waals surface area contributed by atoms with Crippen LogP contribution in [0.3, 0.4) is 0 Å². The highest BCUT2D eigenvalue weighted by Crippen LogP contribution is 2.36. The van der Waals surface area contributed by atoms with Crippen LogP contribution in [-0.4, -0.2) is 36.8 Å². The molecule has 11 heteroatoms. The van der Waals surface area contributed by atoms with Crippen LogP contribution in [0.5, 0.6) is 5.75 Å². The number of carbonyl (C=O) groups excluding carboxylic acids is 3. The molecule has 0 saturated carbocycles. The average Bonchev–Trinajstić information content (AvgIpc) is 3.22. The number of methoxy groups -OCH3 is 1. The van der Waals surface area contributed by atoms with Gasteiger partial charge in [0.1, 0.15) is 5.75 Å². The molecule has 1 saturated heterocycles. The monoisotopic (exact) mass is 383 g/mol. The van der Waals surface area contributed by atoms with Crippen molar-refractivity contribution < 1.29 is 36.7 Å². The lowest BCUT2D eigenvalue weighted by molar-refractivity contribution is -0.197. The Balaban J connectivity index is 2.01. The van der Waals surface area contributed by atoms with Crippen LogP contribution in [0.15, 0.2) is 47.1 Å². The van der Waals surface area contributed by atoms with Crippen LogP contribution in [0, 0.1) is 0 Å². The minimum absolute atomic E-state index is 0.157. The van der Waals surface area contributed by atoms with Crippen LogP contribution in [0.4, 0.5) is 23.7 Å². The van der Waals surface area contributed by atoms with E-state index in [2.05, 4.69) is 0 Å². The number of alkyl halides is 3. The van der Waals surface area contributed by atoms with Crippen LogP contribution in [0.25, 0.3) is 0 Å². The van der Waals surface area contributed by atoms with Crippen molar-refractivity contribution in [3.05, 3.63) is 48.4 Å². The Labute approximate surface area is 149 Å². The van der Waals surface area contributed by atoms with Gasteiger partial charge in [-0.1, -0.05) is 6.07 Å². The number of hydrogen-bond donors (Lipinski definition) is 2. The lowest BCUT2D eigenvalue weighted by Gasteiger charge is -2.29. The molecule has 0 bridgehead atoms. The fourth-order valence-corrected chi connectivity index (χ4v) is 2.50. The molecule has 2 heterocycles. The molecule has 1 aromatic heterocycles. The van der Waals surface area contributed by atoms with E-state index in [1.54, 1.807) is 0 Å². The van der Waals surface area contributed by atoms with E-state index in [1.165, 1.54) is 48.1 Å². The molecule has 4 amide bonds. The summed E-state index contributed by atoms with van der Waals surface area (Å²) in [5.41, 5.74) is -3.80. The topological polar surface area (TPSA) is 101 Å². The van der Waals surface area contributed by atoms with Gasteiger partial charge >= 0.3 is 12.2 Å². The molecule has 142 valence electrons. The van der Waals surface area contributed by atoms with Gasteiger partial charge in [0.25, 0.3) is 17.5 Å². The van der Waals surface area contributed by atoms with Gasteiger partial charge in [-0.2, -0.15) is 13.2 Å². The first-order valence-electron chi connectivity index (χ1n) is 7.43. The molecule has 1 unspecified atom stereocenters. The zero-order chi connectivity index (χ0) is 19.8.